The van der Waals surface area contributed by atoms with E-state index in [1.54, 1.807) is 0 Å². The van der Waals surface area contributed by atoms with Gasteiger partial charge in [-0.25, -0.2) is 4.39 Å². The molecule has 0 fully saturated rings. The highest BCUT2D eigenvalue weighted by Crippen LogP contribution is 2.36. The minimum atomic E-state index is -1.84. The van der Waals surface area contributed by atoms with Gasteiger partial charge >= 0.3 is 0 Å². The number of halogens is 3. The second kappa shape index (κ2) is 6.53. The van der Waals surface area contributed by atoms with Crippen LogP contribution in [0.1, 0.15) is 20.8 Å². The van der Waals surface area contributed by atoms with Crippen molar-refractivity contribution in [2.24, 2.45) is 0 Å². The standard InChI is InChI=1S/C14H21BrF2O2Si/c1-14(2,3)20(4,5)19-7-6-18-12-9-10(15)8-11(16)13(12)17/h8-9H,6-7H2,1-5H3. The predicted octanol–water partition coefficient (Wildman–Crippen LogP) is 5.13. The van der Waals surface area contributed by atoms with Crippen LogP contribution in [0.5, 0.6) is 5.75 Å². The van der Waals surface area contributed by atoms with Crippen LogP contribution in [0.4, 0.5) is 8.78 Å². The smallest absolute Gasteiger partial charge is 0.200 e. The number of rotatable bonds is 5. The first-order chi connectivity index (χ1) is 9.04. The van der Waals surface area contributed by atoms with E-state index in [9.17, 15) is 8.78 Å². The van der Waals surface area contributed by atoms with E-state index in [4.69, 9.17) is 9.16 Å². The van der Waals surface area contributed by atoms with Gasteiger partial charge in [0, 0.05) is 4.47 Å². The van der Waals surface area contributed by atoms with Crippen LogP contribution in [-0.2, 0) is 4.43 Å². The Balaban J connectivity index is 2.54. The summed E-state index contributed by atoms with van der Waals surface area (Å²) in [7, 11) is -1.84. The normalized spacial score (nSPS) is 12.6. The molecule has 0 aromatic heterocycles. The minimum absolute atomic E-state index is 0.101. The molecular weight excluding hydrogens is 346 g/mol. The number of ether oxygens (including phenoxy) is 1. The third-order valence-corrected chi connectivity index (χ3v) is 8.57. The fourth-order valence-corrected chi connectivity index (χ4v) is 2.74. The molecule has 20 heavy (non-hydrogen) atoms. The highest BCUT2D eigenvalue weighted by atomic mass is 79.9. The lowest BCUT2D eigenvalue weighted by Crippen LogP contribution is -2.41. The van der Waals surface area contributed by atoms with Crippen LogP contribution in [0.3, 0.4) is 0 Å². The molecule has 2 nitrogen and oxygen atoms in total. The molecule has 1 aromatic carbocycles. The molecule has 0 amide bonds. The topological polar surface area (TPSA) is 18.5 Å². The van der Waals surface area contributed by atoms with Crippen molar-refractivity contribution < 1.29 is 17.9 Å². The van der Waals surface area contributed by atoms with Gasteiger partial charge in [0.25, 0.3) is 0 Å². The Morgan fingerprint density at radius 1 is 1.15 bits per heavy atom. The molecule has 0 N–H and O–H groups in total. The summed E-state index contributed by atoms with van der Waals surface area (Å²) >= 11 is 3.10. The van der Waals surface area contributed by atoms with Gasteiger partial charge in [-0.2, -0.15) is 4.39 Å². The minimum Gasteiger partial charge on any atom is -0.488 e. The zero-order valence-corrected chi connectivity index (χ0v) is 15.1. The van der Waals surface area contributed by atoms with Crippen molar-refractivity contribution in [3.05, 3.63) is 28.2 Å². The van der Waals surface area contributed by atoms with Crippen LogP contribution in [0.25, 0.3) is 0 Å². The first kappa shape index (κ1) is 17.6. The first-order valence-corrected chi connectivity index (χ1v) is 10.2. The SMILES string of the molecule is CC(C)(C)[Si](C)(C)OCCOc1cc(Br)cc(F)c1F. The number of hydrogen-bond acceptors (Lipinski definition) is 2. The molecule has 0 saturated carbocycles. The third kappa shape index (κ3) is 4.53. The fourth-order valence-electron chi connectivity index (χ4n) is 1.30. The van der Waals surface area contributed by atoms with Gasteiger partial charge in [-0.15, -0.1) is 0 Å². The molecule has 1 rings (SSSR count). The Labute approximate surface area is 128 Å². The summed E-state index contributed by atoms with van der Waals surface area (Å²) in [5, 5.41) is 0.111. The van der Waals surface area contributed by atoms with Crippen molar-refractivity contribution >= 4 is 24.2 Å². The lowest BCUT2D eigenvalue weighted by Gasteiger charge is -2.36. The highest BCUT2D eigenvalue weighted by Gasteiger charge is 2.36. The Bertz CT molecular complexity index is 473. The molecular formula is C14H21BrF2O2Si. The van der Waals surface area contributed by atoms with Crippen LogP contribution in [0, 0.1) is 11.6 Å². The van der Waals surface area contributed by atoms with Gasteiger partial charge in [0.05, 0.1) is 6.61 Å². The van der Waals surface area contributed by atoms with Gasteiger partial charge in [-0.3, -0.25) is 0 Å². The Morgan fingerprint density at radius 2 is 1.75 bits per heavy atom. The maximum atomic E-state index is 13.5. The fraction of sp³-hybridized carbons (Fsp3) is 0.571. The molecule has 0 atom stereocenters. The van der Waals surface area contributed by atoms with Crippen LogP contribution in [0.2, 0.25) is 18.1 Å². The zero-order chi connectivity index (χ0) is 15.6. The molecule has 0 aliphatic rings. The highest BCUT2D eigenvalue weighted by molar-refractivity contribution is 9.10. The van der Waals surface area contributed by atoms with E-state index in [-0.39, 0.29) is 17.4 Å². The van der Waals surface area contributed by atoms with Gasteiger partial charge in [0.1, 0.15) is 6.61 Å². The Hall–Kier alpha value is -0.463. The average molecular weight is 367 g/mol. The van der Waals surface area contributed by atoms with Crippen molar-refractivity contribution in [3.63, 3.8) is 0 Å². The van der Waals surface area contributed by atoms with Crippen LogP contribution in [-0.4, -0.2) is 21.5 Å². The Morgan fingerprint density at radius 3 is 2.30 bits per heavy atom. The summed E-state index contributed by atoms with van der Waals surface area (Å²) < 4.78 is 38.3. The lowest BCUT2D eigenvalue weighted by atomic mass is 10.2. The van der Waals surface area contributed by atoms with Crippen molar-refractivity contribution in [2.45, 2.75) is 38.9 Å². The summed E-state index contributed by atoms with van der Waals surface area (Å²) in [4.78, 5) is 0. The summed E-state index contributed by atoms with van der Waals surface area (Å²) in [5.41, 5.74) is 0. The average Bonchev–Trinajstić information content (AvgIpc) is 2.29. The second-order valence-corrected chi connectivity index (χ2v) is 11.9. The molecule has 1 aromatic rings. The van der Waals surface area contributed by atoms with Crippen molar-refractivity contribution in [1.29, 1.82) is 0 Å². The Kier molecular flexibility index (Phi) is 5.75. The summed E-state index contributed by atoms with van der Waals surface area (Å²) in [6.07, 6.45) is 0. The second-order valence-electron chi connectivity index (χ2n) is 6.16. The largest absolute Gasteiger partial charge is 0.488 e. The van der Waals surface area contributed by atoms with Gasteiger partial charge in [0.15, 0.2) is 19.9 Å². The monoisotopic (exact) mass is 366 g/mol. The van der Waals surface area contributed by atoms with E-state index in [0.717, 1.165) is 6.07 Å². The van der Waals surface area contributed by atoms with Crippen molar-refractivity contribution in [3.8, 4) is 5.75 Å². The summed E-state index contributed by atoms with van der Waals surface area (Å²) in [6.45, 7) is 11.2. The summed E-state index contributed by atoms with van der Waals surface area (Å²) in [6, 6.07) is 2.47. The van der Waals surface area contributed by atoms with Gasteiger partial charge < -0.3 is 9.16 Å². The van der Waals surface area contributed by atoms with Crippen molar-refractivity contribution in [1.82, 2.24) is 0 Å². The van der Waals surface area contributed by atoms with Crippen LogP contribution >= 0.6 is 15.9 Å². The zero-order valence-electron chi connectivity index (χ0n) is 12.5. The molecule has 0 spiro atoms. The molecule has 0 saturated heterocycles. The van der Waals surface area contributed by atoms with Gasteiger partial charge in [-0.05, 0) is 30.3 Å². The van der Waals surface area contributed by atoms with Crippen LogP contribution < -0.4 is 4.74 Å². The first-order valence-electron chi connectivity index (χ1n) is 6.46. The van der Waals surface area contributed by atoms with Gasteiger partial charge in [0.2, 0.25) is 5.82 Å². The summed E-state index contributed by atoms with van der Waals surface area (Å²) in [5.74, 6) is -2.00. The maximum absolute atomic E-state index is 13.5. The molecule has 0 bridgehead atoms. The van der Waals surface area contributed by atoms with E-state index < -0.39 is 20.0 Å². The number of hydrogen-bond donors (Lipinski definition) is 0. The molecule has 0 aliphatic carbocycles. The van der Waals surface area contributed by atoms with E-state index >= 15 is 0 Å². The van der Waals surface area contributed by atoms with E-state index in [0.29, 0.717) is 11.1 Å². The molecule has 114 valence electrons. The maximum Gasteiger partial charge on any atom is 0.200 e. The van der Waals surface area contributed by atoms with E-state index in [1.807, 2.05) is 0 Å². The molecule has 0 unspecified atom stereocenters. The van der Waals surface area contributed by atoms with Gasteiger partial charge in [-0.1, -0.05) is 36.7 Å². The quantitative estimate of drug-likeness (QED) is 0.408. The number of benzene rings is 1. The lowest BCUT2D eigenvalue weighted by molar-refractivity contribution is 0.197. The van der Waals surface area contributed by atoms with Crippen molar-refractivity contribution in [2.75, 3.05) is 13.2 Å². The third-order valence-electron chi connectivity index (χ3n) is 3.57. The van der Waals surface area contributed by atoms with E-state index in [2.05, 4.69) is 49.8 Å². The molecule has 0 heterocycles. The molecule has 6 heteroatoms. The predicted molar refractivity (Wildman–Crippen MR) is 82.7 cm³/mol. The molecule has 0 aliphatic heterocycles. The van der Waals surface area contributed by atoms with E-state index in [1.165, 1.54) is 6.07 Å². The molecule has 0 radical (unpaired) electrons. The van der Waals surface area contributed by atoms with Crippen LogP contribution in [0.15, 0.2) is 16.6 Å².